The Morgan fingerprint density at radius 1 is 1.44 bits per heavy atom. The molecule has 3 nitrogen and oxygen atoms in total. The summed E-state index contributed by atoms with van der Waals surface area (Å²) in [6, 6.07) is 9.14. The molecule has 0 heterocycles. The predicted molar refractivity (Wildman–Crippen MR) is 64.1 cm³/mol. The standard InChI is InChI=1S/C13H17NO2/c1-2-3-9-12(13(15)16)14-10-11-7-5-4-6-8-11/h3-9,12,14H,2,10H2,1H3,(H,15,16)/b9-3+/t12-/m0/s1. The number of rotatable bonds is 6. The first-order chi connectivity index (χ1) is 7.74. The average Bonchev–Trinajstić information content (AvgIpc) is 2.30. The van der Waals surface area contributed by atoms with Crippen molar-refractivity contribution in [1.29, 1.82) is 0 Å². The van der Waals surface area contributed by atoms with Crippen molar-refractivity contribution in [2.24, 2.45) is 0 Å². The Kier molecular flexibility index (Phi) is 5.29. The highest BCUT2D eigenvalue weighted by molar-refractivity contribution is 5.75. The van der Waals surface area contributed by atoms with Crippen LogP contribution >= 0.6 is 0 Å². The molecular formula is C13H17NO2. The molecule has 16 heavy (non-hydrogen) atoms. The number of carboxylic acids is 1. The number of nitrogens with one attached hydrogen (secondary N) is 1. The summed E-state index contributed by atoms with van der Waals surface area (Å²) in [5, 5.41) is 11.9. The van der Waals surface area contributed by atoms with Crippen LogP contribution in [-0.2, 0) is 11.3 Å². The quantitative estimate of drug-likeness (QED) is 0.721. The molecule has 1 atom stereocenters. The molecule has 0 fully saturated rings. The molecule has 3 heteroatoms. The lowest BCUT2D eigenvalue weighted by Crippen LogP contribution is -2.34. The van der Waals surface area contributed by atoms with Crippen LogP contribution in [0, 0.1) is 0 Å². The van der Waals surface area contributed by atoms with Gasteiger partial charge in [0.05, 0.1) is 0 Å². The maximum atomic E-state index is 10.9. The van der Waals surface area contributed by atoms with Crippen LogP contribution in [0.2, 0.25) is 0 Å². The van der Waals surface area contributed by atoms with E-state index in [2.05, 4.69) is 5.32 Å². The maximum absolute atomic E-state index is 10.9. The molecule has 86 valence electrons. The Labute approximate surface area is 95.8 Å². The molecule has 0 saturated heterocycles. The zero-order valence-electron chi connectivity index (χ0n) is 9.39. The van der Waals surface area contributed by atoms with Crippen molar-refractivity contribution < 1.29 is 9.90 Å². The van der Waals surface area contributed by atoms with E-state index in [9.17, 15) is 4.79 Å². The number of carboxylic acid groups (broad SMARTS) is 1. The van der Waals surface area contributed by atoms with E-state index in [1.165, 1.54) is 0 Å². The lowest BCUT2D eigenvalue weighted by atomic mass is 10.2. The van der Waals surface area contributed by atoms with Gasteiger partial charge in [-0.2, -0.15) is 0 Å². The smallest absolute Gasteiger partial charge is 0.324 e. The molecule has 0 bridgehead atoms. The summed E-state index contributed by atoms with van der Waals surface area (Å²) in [6.45, 7) is 2.54. The second-order valence-corrected chi connectivity index (χ2v) is 3.52. The van der Waals surface area contributed by atoms with E-state index in [0.29, 0.717) is 6.54 Å². The van der Waals surface area contributed by atoms with Crippen LogP contribution in [0.25, 0.3) is 0 Å². The minimum atomic E-state index is -0.847. The summed E-state index contributed by atoms with van der Waals surface area (Å²) in [6.07, 6.45) is 4.39. The summed E-state index contributed by atoms with van der Waals surface area (Å²) in [7, 11) is 0. The van der Waals surface area contributed by atoms with Gasteiger partial charge in [0, 0.05) is 6.54 Å². The number of hydrogen-bond acceptors (Lipinski definition) is 2. The van der Waals surface area contributed by atoms with E-state index in [1.807, 2.05) is 43.3 Å². The largest absolute Gasteiger partial charge is 0.480 e. The van der Waals surface area contributed by atoms with E-state index in [4.69, 9.17) is 5.11 Å². The molecule has 0 radical (unpaired) electrons. The zero-order chi connectivity index (χ0) is 11.8. The maximum Gasteiger partial charge on any atom is 0.324 e. The topological polar surface area (TPSA) is 49.3 Å². The molecule has 0 aromatic heterocycles. The lowest BCUT2D eigenvalue weighted by Gasteiger charge is -2.10. The predicted octanol–water partition coefficient (Wildman–Crippen LogP) is 2.20. The van der Waals surface area contributed by atoms with Crippen LogP contribution in [0.15, 0.2) is 42.5 Å². The second kappa shape index (κ2) is 6.80. The average molecular weight is 219 g/mol. The van der Waals surface area contributed by atoms with E-state index >= 15 is 0 Å². The monoisotopic (exact) mass is 219 g/mol. The Morgan fingerprint density at radius 3 is 2.69 bits per heavy atom. The number of benzene rings is 1. The van der Waals surface area contributed by atoms with E-state index < -0.39 is 12.0 Å². The van der Waals surface area contributed by atoms with Gasteiger partial charge in [-0.25, -0.2) is 0 Å². The minimum Gasteiger partial charge on any atom is -0.480 e. The van der Waals surface area contributed by atoms with Gasteiger partial charge in [-0.05, 0) is 12.0 Å². The number of carbonyl (C=O) groups is 1. The summed E-state index contributed by atoms with van der Waals surface area (Å²) in [5.74, 6) is -0.847. The van der Waals surface area contributed by atoms with Crippen molar-refractivity contribution in [2.75, 3.05) is 0 Å². The van der Waals surface area contributed by atoms with E-state index in [0.717, 1.165) is 12.0 Å². The third-order valence-corrected chi connectivity index (χ3v) is 2.20. The summed E-state index contributed by atoms with van der Waals surface area (Å²) in [4.78, 5) is 10.9. The zero-order valence-corrected chi connectivity index (χ0v) is 9.39. The fourth-order valence-electron chi connectivity index (χ4n) is 1.33. The summed E-state index contributed by atoms with van der Waals surface area (Å²) in [5.41, 5.74) is 1.08. The first-order valence-corrected chi connectivity index (χ1v) is 5.40. The van der Waals surface area contributed by atoms with Crippen LogP contribution in [-0.4, -0.2) is 17.1 Å². The Balaban J connectivity index is 2.50. The molecule has 0 amide bonds. The SMILES string of the molecule is CC/C=C/[C@H](NCc1ccccc1)C(=O)O. The molecule has 1 rings (SSSR count). The van der Waals surface area contributed by atoms with Crippen molar-refractivity contribution in [3.63, 3.8) is 0 Å². The van der Waals surface area contributed by atoms with Crippen LogP contribution in [0.4, 0.5) is 0 Å². The molecule has 1 aromatic rings. The molecule has 0 aliphatic carbocycles. The first kappa shape index (κ1) is 12.5. The van der Waals surface area contributed by atoms with Gasteiger partial charge in [0.2, 0.25) is 0 Å². The molecule has 2 N–H and O–H groups in total. The third kappa shape index (κ3) is 4.28. The first-order valence-electron chi connectivity index (χ1n) is 5.40. The normalized spacial score (nSPS) is 12.8. The number of aliphatic carboxylic acids is 1. The van der Waals surface area contributed by atoms with Crippen LogP contribution in [0.1, 0.15) is 18.9 Å². The second-order valence-electron chi connectivity index (χ2n) is 3.52. The fraction of sp³-hybridized carbons (Fsp3) is 0.308. The highest BCUT2D eigenvalue weighted by Gasteiger charge is 2.11. The van der Waals surface area contributed by atoms with Gasteiger partial charge in [-0.15, -0.1) is 0 Å². The van der Waals surface area contributed by atoms with Crippen molar-refractivity contribution in [2.45, 2.75) is 25.9 Å². The number of hydrogen-bond donors (Lipinski definition) is 2. The Hall–Kier alpha value is -1.61. The van der Waals surface area contributed by atoms with Gasteiger partial charge in [-0.1, -0.05) is 49.4 Å². The van der Waals surface area contributed by atoms with Gasteiger partial charge >= 0.3 is 5.97 Å². The molecule has 0 aliphatic heterocycles. The van der Waals surface area contributed by atoms with Gasteiger partial charge < -0.3 is 5.11 Å². The molecule has 0 unspecified atom stereocenters. The molecule has 1 aromatic carbocycles. The van der Waals surface area contributed by atoms with Crippen molar-refractivity contribution in [3.8, 4) is 0 Å². The Bertz CT molecular complexity index is 346. The summed E-state index contributed by atoms with van der Waals surface area (Å²) < 4.78 is 0. The van der Waals surface area contributed by atoms with Gasteiger partial charge in [0.15, 0.2) is 0 Å². The van der Waals surface area contributed by atoms with Gasteiger partial charge in [0.25, 0.3) is 0 Å². The fourth-order valence-corrected chi connectivity index (χ4v) is 1.33. The Morgan fingerprint density at radius 2 is 2.12 bits per heavy atom. The van der Waals surface area contributed by atoms with E-state index in [-0.39, 0.29) is 0 Å². The lowest BCUT2D eigenvalue weighted by molar-refractivity contribution is -0.138. The highest BCUT2D eigenvalue weighted by atomic mass is 16.4. The van der Waals surface area contributed by atoms with Crippen LogP contribution < -0.4 is 5.32 Å². The van der Waals surface area contributed by atoms with Crippen LogP contribution in [0.3, 0.4) is 0 Å². The van der Waals surface area contributed by atoms with Gasteiger partial charge in [0.1, 0.15) is 6.04 Å². The van der Waals surface area contributed by atoms with Crippen molar-refractivity contribution in [1.82, 2.24) is 5.32 Å². The van der Waals surface area contributed by atoms with Crippen molar-refractivity contribution >= 4 is 5.97 Å². The van der Waals surface area contributed by atoms with Crippen LogP contribution in [0.5, 0.6) is 0 Å². The van der Waals surface area contributed by atoms with E-state index in [1.54, 1.807) is 6.08 Å². The minimum absolute atomic E-state index is 0.561. The third-order valence-electron chi connectivity index (χ3n) is 2.20. The highest BCUT2D eigenvalue weighted by Crippen LogP contribution is 1.99. The van der Waals surface area contributed by atoms with Gasteiger partial charge in [-0.3, -0.25) is 10.1 Å². The summed E-state index contributed by atoms with van der Waals surface area (Å²) >= 11 is 0. The molecular weight excluding hydrogens is 202 g/mol. The van der Waals surface area contributed by atoms with Crippen molar-refractivity contribution in [3.05, 3.63) is 48.0 Å². The molecule has 0 saturated carbocycles. The number of allylic oxidation sites excluding steroid dienone is 1. The molecule has 0 spiro atoms. The molecule has 0 aliphatic rings.